The summed E-state index contributed by atoms with van der Waals surface area (Å²) in [5, 5.41) is 28.1. The predicted octanol–water partition coefficient (Wildman–Crippen LogP) is 2.72. The second-order valence-electron chi connectivity index (χ2n) is 7.87. The van der Waals surface area contributed by atoms with Gasteiger partial charge in [-0.2, -0.15) is 0 Å². The number of piperidine rings is 1. The van der Waals surface area contributed by atoms with E-state index in [9.17, 15) is 0 Å². The van der Waals surface area contributed by atoms with E-state index in [1.807, 2.05) is 23.1 Å². The third kappa shape index (κ3) is 5.65. The second-order valence-corrected chi connectivity index (χ2v) is 7.87. The lowest BCUT2D eigenvalue weighted by Crippen LogP contribution is -2.41. The van der Waals surface area contributed by atoms with Gasteiger partial charge in [0.2, 0.25) is 0 Å². The number of rotatable bonds is 7. The Kier molecular flexibility index (Phi) is 7.01. The standard InChI is InChI=1S/C23H31N5O/c1-16-9-18(11-21(10-16)19-3-2-4-20(12-19)23(25)26)14-27-13-17-5-7-28(8-6-17)22(24)15-29/h2-4,9-12,17,24,27,29H,5-8,13-15H2,1H3,(H3,25,26). The van der Waals surface area contributed by atoms with Crippen molar-refractivity contribution in [2.24, 2.45) is 11.7 Å². The first kappa shape index (κ1) is 21.0. The van der Waals surface area contributed by atoms with Gasteiger partial charge in [0.15, 0.2) is 0 Å². The number of aliphatic hydroxyl groups excluding tert-OH is 1. The molecule has 2 aromatic carbocycles. The Hall–Kier alpha value is -2.70. The average Bonchev–Trinajstić information content (AvgIpc) is 2.73. The summed E-state index contributed by atoms with van der Waals surface area (Å²) in [6.45, 7) is 5.42. The highest BCUT2D eigenvalue weighted by molar-refractivity contribution is 5.96. The van der Waals surface area contributed by atoms with Crippen LogP contribution in [0.5, 0.6) is 0 Å². The van der Waals surface area contributed by atoms with Gasteiger partial charge in [-0.05, 0) is 61.1 Å². The summed E-state index contributed by atoms with van der Waals surface area (Å²) < 4.78 is 0. The molecule has 1 heterocycles. The highest BCUT2D eigenvalue weighted by atomic mass is 16.3. The van der Waals surface area contributed by atoms with Gasteiger partial charge < -0.3 is 21.1 Å². The van der Waals surface area contributed by atoms with Gasteiger partial charge in [-0.3, -0.25) is 10.8 Å². The maximum absolute atomic E-state index is 9.09. The van der Waals surface area contributed by atoms with Crippen LogP contribution in [0.1, 0.15) is 29.5 Å². The highest BCUT2D eigenvalue weighted by Gasteiger charge is 2.20. The van der Waals surface area contributed by atoms with Gasteiger partial charge in [0, 0.05) is 25.2 Å². The third-order valence-electron chi connectivity index (χ3n) is 5.55. The minimum Gasteiger partial charge on any atom is -0.388 e. The molecule has 0 atom stereocenters. The average molecular weight is 394 g/mol. The Morgan fingerprint density at radius 2 is 1.90 bits per heavy atom. The van der Waals surface area contributed by atoms with Crippen molar-refractivity contribution in [3.8, 4) is 11.1 Å². The second kappa shape index (κ2) is 9.67. The molecule has 0 aromatic heterocycles. The van der Waals surface area contributed by atoms with Crippen LogP contribution in [0.15, 0.2) is 42.5 Å². The molecule has 0 radical (unpaired) electrons. The van der Waals surface area contributed by atoms with E-state index < -0.39 is 0 Å². The van der Waals surface area contributed by atoms with Crippen LogP contribution in [-0.4, -0.2) is 47.9 Å². The number of aliphatic hydroxyl groups is 1. The molecule has 1 fully saturated rings. The molecule has 154 valence electrons. The SMILES string of the molecule is Cc1cc(CNCC2CCN(C(=N)CO)CC2)cc(-c2cccc(C(=N)N)c2)c1. The molecule has 0 amide bonds. The van der Waals surface area contributed by atoms with Crippen LogP contribution >= 0.6 is 0 Å². The molecule has 0 bridgehead atoms. The molecular weight excluding hydrogens is 362 g/mol. The summed E-state index contributed by atoms with van der Waals surface area (Å²) in [7, 11) is 0. The number of amidine groups is 2. The highest BCUT2D eigenvalue weighted by Crippen LogP contribution is 2.24. The summed E-state index contributed by atoms with van der Waals surface area (Å²) in [6, 6.07) is 14.4. The zero-order valence-corrected chi connectivity index (χ0v) is 17.0. The number of hydrogen-bond donors (Lipinski definition) is 5. The number of likely N-dealkylation sites (tertiary alicyclic amines) is 1. The number of nitrogens with two attached hydrogens (primary N) is 1. The van der Waals surface area contributed by atoms with Crippen molar-refractivity contribution in [1.29, 1.82) is 10.8 Å². The molecule has 0 spiro atoms. The van der Waals surface area contributed by atoms with Crippen molar-refractivity contribution in [2.45, 2.75) is 26.3 Å². The zero-order valence-electron chi connectivity index (χ0n) is 17.0. The Labute approximate surface area is 172 Å². The van der Waals surface area contributed by atoms with E-state index in [0.717, 1.165) is 55.7 Å². The first-order valence-corrected chi connectivity index (χ1v) is 10.2. The number of nitrogens with one attached hydrogen (secondary N) is 3. The quantitative estimate of drug-likeness (QED) is 0.368. The van der Waals surface area contributed by atoms with Crippen LogP contribution in [0, 0.1) is 23.7 Å². The van der Waals surface area contributed by atoms with Crippen LogP contribution in [0.4, 0.5) is 0 Å². The van der Waals surface area contributed by atoms with Crippen molar-refractivity contribution in [2.75, 3.05) is 26.2 Å². The molecule has 6 N–H and O–H groups in total. The molecule has 2 aromatic rings. The van der Waals surface area contributed by atoms with Crippen LogP contribution in [-0.2, 0) is 6.54 Å². The Bertz CT molecular complexity index is 871. The first-order chi connectivity index (χ1) is 14.0. The van der Waals surface area contributed by atoms with E-state index in [1.165, 1.54) is 11.1 Å². The normalized spacial score (nSPS) is 14.8. The van der Waals surface area contributed by atoms with Crippen molar-refractivity contribution < 1.29 is 5.11 Å². The Morgan fingerprint density at radius 1 is 1.14 bits per heavy atom. The molecule has 1 saturated heterocycles. The minimum absolute atomic E-state index is 0.0848. The summed E-state index contributed by atoms with van der Waals surface area (Å²) in [6.07, 6.45) is 2.10. The fourth-order valence-corrected chi connectivity index (χ4v) is 3.93. The fraction of sp³-hybridized carbons (Fsp3) is 0.391. The molecule has 1 aliphatic heterocycles. The monoisotopic (exact) mass is 393 g/mol. The van der Waals surface area contributed by atoms with Gasteiger partial charge >= 0.3 is 0 Å². The van der Waals surface area contributed by atoms with Crippen LogP contribution in [0.3, 0.4) is 0 Å². The summed E-state index contributed by atoms with van der Waals surface area (Å²) >= 11 is 0. The topological polar surface area (TPSA) is 109 Å². The minimum atomic E-state index is -0.173. The lowest BCUT2D eigenvalue weighted by molar-refractivity contribution is 0.240. The van der Waals surface area contributed by atoms with Crippen molar-refractivity contribution in [1.82, 2.24) is 10.2 Å². The van der Waals surface area contributed by atoms with Gasteiger partial charge in [-0.15, -0.1) is 0 Å². The molecule has 3 rings (SSSR count). The van der Waals surface area contributed by atoms with E-state index in [2.05, 4.69) is 36.5 Å². The van der Waals surface area contributed by atoms with Gasteiger partial charge in [0.25, 0.3) is 0 Å². The van der Waals surface area contributed by atoms with Gasteiger partial charge in [0.05, 0.1) is 0 Å². The number of nitrogen functional groups attached to an aromatic ring is 1. The summed E-state index contributed by atoms with van der Waals surface area (Å²) in [4.78, 5) is 1.97. The fourth-order valence-electron chi connectivity index (χ4n) is 3.93. The molecule has 0 saturated carbocycles. The molecule has 6 nitrogen and oxygen atoms in total. The van der Waals surface area contributed by atoms with E-state index in [-0.39, 0.29) is 12.4 Å². The largest absolute Gasteiger partial charge is 0.388 e. The number of benzene rings is 2. The van der Waals surface area contributed by atoms with Crippen LogP contribution < -0.4 is 11.1 Å². The third-order valence-corrected chi connectivity index (χ3v) is 5.55. The first-order valence-electron chi connectivity index (χ1n) is 10.2. The van der Waals surface area contributed by atoms with E-state index in [4.69, 9.17) is 21.7 Å². The number of hydrogen-bond acceptors (Lipinski definition) is 4. The van der Waals surface area contributed by atoms with Gasteiger partial charge in [-0.25, -0.2) is 0 Å². The predicted molar refractivity (Wildman–Crippen MR) is 118 cm³/mol. The maximum atomic E-state index is 9.09. The van der Waals surface area contributed by atoms with Crippen molar-refractivity contribution >= 4 is 11.7 Å². The maximum Gasteiger partial charge on any atom is 0.122 e. The lowest BCUT2D eigenvalue weighted by atomic mass is 9.96. The van der Waals surface area contributed by atoms with Gasteiger partial charge in [0.1, 0.15) is 18.3 Å². The molecule has 1 aliphatic rings. The van der Waals surface area contributed by atoms with E-state index in [1.54, 1.807) is 0 Å². The molecule has 0 aliphatic carbocycles. The molecular formula is C23H31N5O. The Balaban J connectivity index is 1.58. The van der Waals surface area contributed by atoms with E-state index >= 15 is 0 Å². The number of nitrogens with zero attached hydrogens (tertiary/aromatic N) is 1. The molecule has 6 heteroatoms. The summed E-state index contributed by atoms with van der Waals surface area (Å²) in [5.41, 5.74) is 11.0. The van der Waals surface area contributed by atoms with Crippen LogP contribution in [0.25, 0.3) is 11.1 Å². The Morgan fingerprint density at radius 3 is 2.59 bits per heavy atom. The van der Waals surface area contributed by atoms with E-state index in [0.29, 0.717) is 11.8 Å². The number of aryl methyl sites for hydroxylation is 1. The zero-order chi connectivity index (χ0) is 20.8. The van der Waals surface area contributed by atoms with Crippen molar-refractivity contribution in [3.05, 3.63) is 59.2 Å². The van der Waals surface area contributed by atoms with Crippen LogP contribution in [0.2, 0.25) is 0 Å². The summed E-state index contributed by atoms with van der Waals surface area (Å²) in [5.74, 6) is 1.02. The lowest BCUT2D eigenvalue weighted by Gasteiger charge is -2.33. The molecule has 0 unspecified atom stereocenters. The van der Waals surface area contributed by atoms with Crippen molar-refractivity contribution in [3.63, 3.8) is 0 Å². The molecule has 29 heavy (non-hydrogen) atoms. The van der Waals surface area contributed by atoms with Gasteiger partial charge in [-0.1, -0.05) is 35.9 Å². The smallest absolute Gasteiger partial charge is 0.122 e.